The van der Waals surface area contributed by atoms with E-state index >= 15 is 0 Å². The maximum atomic E-state index is 14.9. The fourth-order valence-corrected chi connectivity index (χ4v) is 7.36. The van der Waals surface area contributed by atoms with Crippen LogP contribution in [-0.4, -0.2) is 34.5 Å². The van der Waals surface area contributed by atoms with Crippen LogP contribution in [0.1, 0.15) is 38.8 Å². The van der Waals surface area contributed by atoms with E-state index in [-0.39, 0.29) is 27.7 Å². The third-order valence-electron chi connectivity index (χ3n) is 8.94. The van der Waals surface area contributed by atoms with Crippen molar-refractivity contribution in [2.24, 2.45) is 5.92 Å². The van der Waals surface area contributed by atoms with Gasteiger partial charge >= 0.3 is 0 Å². The normalized spacial score (nSPS) is 23.2. The third kappa shape index (κ3) is 3.73. The van der Waals surface area contributed by atoms with Gasteiger partial charge in [-0.1, -0.05) is 66.2 Å². The van der Waals surface area contributed by atoms with Crippen molar-refractivity contribution in [1.82, 2.24) is 0 Å². The molecule has 9 heteroatoms. The maximum Gasteiger partial charge on any atom is 0.269 e. The number of hydrogen-bond donors (Lipinski definition) is 1. The topological polar surface area (TPSA) is 110 Å². The first kappa shape index (κ1) is 26.8. The van der Waals surface area contributed by atoms with Gasteiger partial charge in [-0.25, -0.2) is 0 Å². The molecule has 4 atom stereocenters. The minimum absolute atomic E-state index is 0.160. The molecule has 0 unspecified atom stereocenters. The number of non-ortho nitro benzene ring substituents is 1. The van der Waals surface area contributed by atoms with Gasteiger partial charge in [0.15, 0.2) is 11.6 Å². The molecule has 3 heterocycles. The smallest absolute Gasteiger partial charge is 0.269 e. The van der Waals surface area contributed by atoms with Gasteiger partial charge in [-0.2, -0.15) is 0 Å². The number of nitrogens with one attached hydrogen (secondary N) is 1. The van der Waals surface area contributed by atoms with Gasteiger partial charge in [0.25, 0.3) is 5.69 Å². The Morgan fingerprint density at radius 3 is 2.33 bits per heavy atom. The number of rotatable bonds is 5. The van der Waals surface area contributed by atoms with Gasteiger partial charge in [0.1, 0.15) is 11.5 Å². The molecule has 3 aliphatic rings. The Morgan fingerprint density at radius 1 is 0.907 bits per heavy atom. The summed E-state index contributed by atoms with van der Waals surface area (Å²) in [5.41, 5.74) is 2.49. The molecule has 1 fully saturated rings. The Balaban J connectivity index is 1.54. The molecule has 7 rings (SSSR count). The van der Waals surface area contributed by atoms with Gasteiger partial charge in [0.2, 0.25) is 5.91 Å². The Morgan fingerprint density at radius 2 is 1.58 bits per heavy atom. The Labute approximate surface area is 251 Å². The van der Waals surface area contributed by atoms with Crippen LogP contribution in [0.4, 0.5) is 17.1 Å². The van der Waals surface area contributed by atoms with Crippen molar-refractivity contribution in [3.8, 4) is 0 Å². The number of fused-ring (bicyclic) bond motifs is 6. The number of carbonyl (C=O) groups excluding carboxylic acids is 3. The minimum atomic E-state index is -1.48. The van der Waals surface area contributed by atoms with Crippen molar-refractivity contribution in [1.29, 1.82) is 0 Å². The van der Waals surface area contributed by atoms with E-state index in [1.807, 2.05) is 60.4 Å². The number of allylic oxidation sites excluding steroid dienone is 1. The second kappa shape index (κ2) is 9.74. The number of nitro benzene ring substituents is 1. The summed E-state index contributed by atoms with van der Waals surface area (Å²) in [7, 11) is 0. The van der Waals surface area contributed by atoms with Crippen molar-refractivity contribution in [3.05, 3.63) is 141 Å². The highest BCUT2D eigenvalue weighted by atomic mass is 35.5. The molecule has 4 aromatic carbocycles. The number of nitro groups is 1. The lowest BCUT2D eigenvalue weighted by Gasteiger charge is -2.39. The summed E-state index contributed by atoms with van der Waals surface area (Å²) < 4.78 is 0. The number of para-hydroxylation sites is 2. The third-order valence-corrected chi connectivity index (χ3v) is 9.27. The number of amides is 1. The van der Waals surface area contributed by atoms with E-state index in [9.17, 15) is 24.5 Å². The first-order chi connectivity index (χ1) is 20.7. The molecule has 0 aromatic heterocycles. The largest absolute Gasteiger partial charge is 0.352 e. The van der Waals surface area contributed by atoms with Crippen LogP contribution in [0.3, 0.4) is 0 Å². The van der Waals surface area contributed by atoms with E-state index in [0.29, 0.717) is 11.3 Å². The lowest BCUT2D eigenvalue weighted by Crippen LogP contribution is -2.51. The van der Waals surface area contributed by atoms with Crippen molar-refractivity contribution >= 4 is 51.7 Å². The van der Waals surface area contributed by atoms with E-state index in [0.717, 1.165) is 16.8 Å². The lowest BCUT2D eigenvalue weighted by atomic mass is 9.64. The van der Waals surface area contributed by atoms with Gasteiger partial charge in [0.05, 0.1) is 21.9 Å². The molecule has 0 bridgehead atoms. The summed E-state index contributed by atoms with van der Waals surface area (Å²) in [4.78, 5) is 56.7. The average molecular weight is 590 g/mol. The van der Waals surface area contributed by atoms with Crippen LogP contribution in [-0.2, 0) is 10.2 Å². The molecule has 1 N–H and O–H groups in total. The first-order valence-electron chi connectivity index (χ1n) is 13.8. The number of benzene rings is 4. The molecule has 0 aliphatic carbocycles. The number of halogens is 1. The molecule has 3 aliphatic heterocycles. The molecule has 1 spiro atoms. The molecule has 0 radical (unpaired) electrons. The molecule has 8 nitrogen and oxygen atoms in total. The highest BCUT2D eigenvalue weighted by Gasteiger charge is 2.70. The van der Waals surface area contributed by atoms with Crippen LogP contribution in [0.25, 0.3) is 5.57 Å². The van der Waals surface area contributed by atoms with Crippen molar-refractivity contribution in [3.63, 3.8) is 0 Å². The van der Waals surface area contributed by atoms with Crippen LogP contribution in [0, 0.1) is 16.0 Å². The summed E-state index contributed by atoms with van der Waals surface area (Å²) in [6, 6.07) is 25.0. The van der Waals surface area contributed by atoms with Crippen LogP contribution < -0.4 is 10.2 Å². The Hall–Kier alpha value is -5.08. The maximum absolute atomic E-state index is 14.9. The van der Waals surface area contributed by atoms with Crippen LogP contribution in [0.15, 0.2) is 103 Å². The summed E-state index contributed by atoms with van der Waals surface area (Å²) in [5, 5.41) is 14.6. The molecule has 1 saturated heterocycles. The number of hydrogen-bond acceptors (Lipinski definition) is 6. The molecule has 212 valence electrons. The monoisotopic (exact) mass is 589 g/mol. The highest BCUT2D eigenvalue weighted by Crippen LogP contribution is 2.59. The summed E-state index contributed by atoms with van der Waals surface area (Å²) in [6.07, 6.45) is 1.97. The SMILES string of the molecule is CC1=C[C@@H]2N(c3ccccc31)[C@H](C(=O)c1ccc([N+](=O)[O-])cc1)[C@H](C(=O)c1ccccc1Cl)[C@@]21C(=O)Nc2ccccc21. The standard InChI is InChI=1S/C34H24ClN3O5/c1-19-18-28-34(24-10-4-6-12-26(24)36-33(34)41)29(32(40)23-9-2-5-11-25(23)35)30(37(28)27-13-7-3-8-22(19)27)31(39)20-14-16-21(17-15-20)38(42)43/h2-18,28-30H,1H3,(H,36,41)/t28-,29+,30-,34-/m0/s1. The Bertz CT molecular complexity index is 1900. The van der Waals surface area contributed by atoms with Gasteiger partial charge in [-0.3, -0.25) is 24.5 Å². The van der Waals surface area contributed by atoms with Crippen molar-refractivity contribution in [2.45, 2.75) is 24.4 Å². The zero-order valence-electron chi connectivity index (χ0n) is 22.9. The van der Waals surface area contributed by atoms with E-state index in [4.69, 9.17) is 11.6 Å². The van der Waals surface area contributed by atoms with E-state index in [1.54, 1.807) is 30.3 Å². The van der Waals surface area contributed by atoms with E-state index in [2.05, 4.69) is 5.32 Å². The molecule has 1 amide bonds. The minimum Gasteiger partial charge on any atom is -0.352 e. The number of carbonyl (C=O) groups is 3. The van der Waals surface area contributed by atoms with Crippen LogP contribution >= 0.6 is 11.6 Å². The number of Topliss-reactive ketones (excluding diaryl/α,β-unsaturated/α-hetero) is 2. The van der Waals surface area contributed by atoms with Crippen molar-refractivity contribution in [2.75, 3.05) is 10.2 Å². The average Bonchev–Trinajstić information content (AvgIpc) is 3.49. The Kier molecular flexibility index (Phi) is 6.07. The predicted molar refractivity (Wildman–Crippen MR) is 164 cm³/mol. The second-order valence-electron chi connectivity index (χ2n) is 11.0. The van der Waals surface area contributed by atoms with Gasteiger partial charge in [-0.15, -0.1) is 0 Å². The number of nitrogens with zero attached hydrogens (tertiary/aromatic N) is 2. The summed E-state index contributed by atoms with van der Waals surface area (Å²) >= 11 is 6.58. The second-order valence-corrected chi connectivity index (χ2v) is 11.4. The number of anilines is 2. The molecule has 43 heavy (non-hydrogen) atoms. The highest BCUT2D eigenvalue weighted by molar-refractivity contribution is 6.34. The zero-order valence-corrected chi connectivity index (χ0v) is 23.6. The zero-order chi connectivity index (χ0) is 30.0. The molecular formula is C34H24ClN3O5. The molecule has 0 saturated carbocycles. The lowest BCUT2D eigenvalue weighted by molar-refractivity contribution is -0.384. The van der Waals surface area contributed by atoms with E-state index in [1.165, 1.54) is 24.3 Å². The fraction of sp³-hybridized carbons (Fsp3) is 0.147. The van der Waals surface area contributed by atoms with Gasteiger partial charge < -0.3 is 10.2 Å². The first-order valence-corrected chi connectivity index (χ1v) is 14.2. The van der Waals surface area contributed by atoms with Gasteiger partial charge in [-0.05, 0) is 54.5 Å². The fourth-order valence-electron chi connectivity index (χ4n) is 7.13. The summed E-state index contributed by atoms with van der Waals surface area (Å²) in [6.45, 7) is 1.96. The number of ketones is 2. The van der Waals surface area contributed by atoms with Crippen LogP contribution in [0.2, 0.25) is 5.02 Å². The predicted octanol–water partition coefficient (Wildman–Crippen LogP) is 6.49. The molecular weight excluding hydrogens is 566 g/mol. The summed E-state index contributed by atoms with van der Waals surface area (Å²) in [5.74, 6) is -2.44. The molecule has 4 aromatic rings. The van der Waals surface area contributed by atoms with Crippen LogP contribution in [0.5, 0.6) is 0 Å². The van der Waals surface area contributed by atoms with Gasteiger partial charge in [0, 0.05) is 40.2 Å². The quantitative estimate of drug-likeness (QED) is 0.162. The van der Waals surface area contributed by atoms with Crippen molar-refractivity contribution < 1.29 is 19.3 Å². The van der Waals surface area contributed by atoms with E-state index < -0.39 is 39.9 Å².